The Morgan fingerprint density at radius 3 is 2.32 bits per heavy atom. The fourth-order valence-electron chi connectivity index (χ4n) is 1.82. The zero-order valence-electron chi connectivity index (χ0n) is 11.9. The number of aromatic hydroxyl groups is 3. The van der Waals surface area contributed by atoms with Gasteiger partial charge in [-0.25, -0.2) is 4.79 Å². The van der Waals surface area contributed by atoms with Crippen LogP contribution in [0.15, 0.2) is 24.8 Å². The van der Waals surface area contributed by atoms with Crippen molar-refractivity contribution in [3.63, 3.8) is 0 Å². The predicted molar refractivity (Wildman–Crippen MR) is 82.3 cm³/mol. The summed E-state index contributed by atoms with van der Waals surface area (Å²) in [6.07, 6.45) is 1.41. The maximum Gasteiger partial charge on any atom is 0.329 e. The summed E-state index contributed by atoms with van der Waals surface area (Å²) in [6.45, 7) is 3.55. The second-order valence-electron chi connectivity index (χ2n) is 4.33. The number of carbonyl (C=O) groups is 2. The molecule has 1 unspecified atom stereocenters. The van der Waals surface area contributed by atoms with E-state index in [2.05, 4.69) is 23.9 Å². The van der Waals surface area contributed by atoms with Gasteiger partial charge in [0.2, 0.25) is 0 Å². The summed E-state index contributed by atoms with van der Waals surface area (Å²) in [5.41, 5.74) is -0.106. The van der Waals surface area contributed by atoms with Crippen LogP contribution in [-0.4, -0.2) is 57.5 Å². The van der Waals surface area contributed by atoms with Gasteiger partial charge in [0.1, 0.15) is 6.04 Å². The Bertz CT molecular complexity index is 566. The molecule has 0 bridgehead atoms. The number of methoxy groups -OCH3 is 1. The number of thiol groups is 1. The summed E-state index contributed by atoms with van der Waals surface area (Å²) >= 11 is 4.04. The molecule has 0 fully saturated rings. The van der Waals surface area contributed by atoms with Crippen molar-refractivity contribution < 1.29 is 29.6 Å². The van der Waals surface area contributed by atoms with Crippen molar-refractivity contribution in [2.45, 2.75) is 6.04 Å². The number of benzene rings is 1. The Labute approximate surface area is 132 Å². The average molecular weight is 327 g/mol. The standard InChI is InChI=1S/C14H17NO6S/c1-3-4-15(9(7-22)14(20)21-2)13(19)8-5-10(16)12(18)11(17)6-8/h3,5-6,9,16-18,22H,1,4,7H2,2H3. The Kier molecular flexibility index (Phi) is 6.11. The van der Waals surface area contributed by atoms with Gasteiger partial charge in [-0.3, -0.25) is 4.79 Å². The highest BCUT2D eigenvalue weighted by atomic mass is 32.1. The lowest BCUT2D eigenvalue weighted by Gasteiger charge is -2.28. The first-order valence-corrected chi connectivity index (χ1v) is 6.86. The summed E-state index contributed by atoms with van der Waals surface area (Å²) < 4.78 is 4.63. The molecule has 0 aromatic heterocycles. The third kappa shape index (κ3) is 3.64. The fraction of sp³-hybridized carbons (Fsp3) is 0.286. The molecular formula is C14H17NO6S. The van der Waals surface area contributed by atoms with Gasteiger partial charge in [0.15, 0.2) is 17.2 Å². The van der Waals surface area contributed by atoms with Crippen LogP contribution in [0.25, 0.3) is 0 Å². The maximum atomic E-state index is 12.5. The van der Waals surface area contributed by atoms with E-state index in [1.165, 1.54) is 13.2 Å². The zero-order chi connectivity index (χ0) is 16.9. The smallest absolute Gasteiger partial charge is 0.329 e. The van der Waals surface area contributed by atoms with E-state index in [9.17, 15) is 24.9 Å². The van der Waals surface area contributed by atoms with Gasteiger partial charge in [0, 0.05) is 17.9 Å². The third-order valence-electron chi connectivity index (χ3n) is 2.93. The quantitative estimate of drug-likeness (QED) is 0.268. The molecule has 1 atom stereocenters. The van der Waals surface area contributed by atoms with Crippen LogP contribution >= 0.6 is 12.6 Å². The van der Waals surface area contributed by atoms with E-state index >= 15 is 0 Å². The molecule has 22 heavy (non-hydrogen) atoms. The number of hydrogen-bond donors (Lipinski definition) is 4. The Hall–Kier alpha value is -2.35. The van der Waals surface area contributed by atoms with E-state index in [-0.39, 0.29) is 17.9 Å². The summed E-state index contributed by atoms with van der Waals surface area (Å²) in [4.78, 5) is 25.4. The van der Waals surface area contributed by atoms with E-state index < -0.39 is 35.2 Å². The van der Waals surface area contributed by atoms with Gasteiger partial charge in [0.05, 0.1) is 7.11 Å². The number of phenols is 3. The minimum absolute atomic E-state index is 0.0162. The molecular weight excluding hydrogens is 310 g/mol. The van der Waals surface area contributed by atoms with Crippen molar-refractivity contribution in [1.82, 2.24) is 4.90 Å². The second kappa shape index (κ2) is 7.60. The largest absolute Gasteiger partial charge is 0.504 e. The van der Waals surface area contributed by atoms with Crippen molar-refractivity contribution >= 4 is 24.5 Å². The topological polar surface area (TPSA) is 107 Å². The van der Waals surface area contributed by atoms with Crippen molar-refractivity contribution in [3.8, 4) is 17.2 Å². The summed E-state index contributed by atoms with van der Waals surface area (Å²) in [5.74, 6) is -3.33. The lowest BCUT2D eigenvalue weighted by Crippen LogP contribution is -2.47. The summed E-state index contributed by atoms with van der Waals surface area (Å²) in [7, 11) is 1.19. The molecule has 0 saturated carbocycles. The molecule has 0 aliphatic heterocycles. The lowest BCUT2D eigenvalue weighted by atomic mass is 10.1. The number of nitrogens with zero attached hydrogens (tertiary/aromatic N) is 1. The van der Waals surface area contributed by atoms with Crippen LogP contribution in [0, 0.1) is 0 Å². The normalized spacial score (nSPS) is 11.5. The van der Waals surface area contributed by atoms with Crippen LogP contribution in [0.1, 0.15) is 10.4 Å². The number of carbonyl (C=O) groups excluding carboxylic acids is 2. The molecule has 0 heterocycles. The van der Waals surface area contributed by atoms with Gasteiger partial charge >= 0.3 is 5.97 Å². The van der Waals surface area contributed by atoms with Crippen LogP contribution in [0.4, 0.5) is 0 Å². The van der Waals surface area contributed by atoms with Crippen LogP contribution in [0.5, 0.6) is 17.2 Å². The minimum atomic E-state index is -0.961. The molecule has 1 aromatic carbocycles. The van der Waals surface area contributed by atoms with Gasteiger partial charge in [-0.2, -0.15) is 12.6 Å². The van der Waals surface area contributed by atoms with Crippen molar-refractivity contribution in [2.75, 3.05) is 19.4 Å². The Balaban J connectivity index is 3.23. The average Bonchev–Trinajstić information content (AvgIpc) is 2.50. The van der Waals surface area contributed by atoms with Crippen molar-refractivity contribution in [3.05, 3.63) is 30.4 Å². The molecule has 0 aliphatic rings. The van der Waals surface area contributed by atoms with E-state index in [4.69, 9.17) is 0 Å². The molecule has 8 heteroatoms. The van der Waals surface area contributed by atoms with Gasteiger partial charge < -0.3 is 25.0 Å². The first kappa shape index (κ1) is 17.7. The highest BCUT2D eigenvalue weighted by Crippen LogP contribution is 2.35. The molecule has 0 saturated heterocycles. The second-order valence-corrected chi connectivity index (χ2v) is 4.70. The molecule has 0 radical (unpaired) electrons. The number of rotatable bonds is 6. The minimum Gasteiger partial charge on any atom is -0.504 e. The highest BCUT2D eigenvalue weighted by Gasteiger charge is 2.30. The molecule has 1 aromatic rings. The number of ether oxygens (including phenoxy) is 1. The molecule has 0 aliphatic carbocycles. The molecule has 3 N–H and O–H groups in total. The summed E-state index contributed by atoms with van der Waals surface area (Å²) in [5, 5.41) is 28.3. The number of hydrogen-bond acceptors (Lipinski definition) is 7. The van der Waals surface area contributed by atoms with E-state index in [0.29, 0.717) is 0 Å². The zero-order valence-corrected chi connectivity index (χ0v) is 12.8. The highest BCUT2D eigenvalue weighted by molar-refractivity contribution is 7.80. The van der Waals surface area contributed by atoms with Gasteiger partial charge in [-0.05, 0) is 12.1 Å². The first-order valence-electron chi connectivity index (χ1n) is 6.22. The van der Waals surface area contributed by atoms with Crippen LogP contribution in [-0.2, 0) is 9.53 Å². The number of phenolic OH excluding ortho intramolecular Hbond substituents is 3. The molecule has 120 valence electrons. The Morgan fingerprint density at radius 1 is 1.36 bits per heavy atom. The SMILES string of the molecule is C=CCN(C(=O)c1cc(O)c(O)c(O)c1)C(CS)C(=O)OC. The van der Waals surface area contributed by atoms with Gasteiger partial charge in [-0.1, -0.05) is 6.08 Å². The lowest BCUT2D eigenvalue weighted by molar-refractivity contribution is -0.145. The van der Waals surface area contributed by atoms with E-state index in [1.54, 1.807) is 0 Å². The van der Waals surface area contributed by atoms with E-state index in [0.717, 1.165) is 17.0 Å². The number of esters is 1. The third-order valence-corrected chi connectivity index (χ3v) is 3.27. The van der Waals surface area contributed by atoms with E-state index in [1.807, 2.05) is 0 Å². The molecule has 1 amide bonds. The summed E-state index contributed by atoms with van der Waals surface area (Å²) in [6, 6.07) is 1.01. The number of amides is 1. The maximum absolute atomic E-state index is 12.5. The van der Waals surface area contributed by atoms with Crippen LogP contribution in [0.3, 0.4) is 0 Å². The van der Waals surface area contributed by atoms with Crippen LogP contribution in [0.2, 0.25) is 0 Å². The molecule has 7 nitrogen and oxygen atoms in total. The fourth-order valence-corrected chi connectivity index (χ4v) is 2.17. The monoisotopic (exact) mass is 327 g/mol. The van der Waals surface area contributed by atoms with Crippen molar-refractivity contribution in [2.24, 2.45) is 0 Å². The van der Waals surface area contributed by atoms with Crippen LogP contribution < -0.4 is 0 Å². The molecule has 1 rings (SSSR count). The molecule has 0 spiro atoms. The Morgan fingerprint density at radius 2 is 1.91 bits per heavy atom. The first-order chi connectivity index (χ1) is 10.4. The van der Waals surface area contributed by atoms with Gasteiger partial charge in [-0.15, -0.1) is 6.58 Å². The predicted octanol–water partition coefficient (Wildman–Crippen LogP) is 0.903. The van der Waals surface area contributed by atoms with Gasteiger partial charge in [0.25, 0.3) is 5.91 Å². The van der Waals surface area contributed by atoms with Crippen molar-refractivity contribution in [1.29, 1.82) is 0 Å².